The van der Waals surface area contributed by atoms with Crippen LogP contribution in [-0.4, -0.2) is 18.2 Å². The van der Waals surface area contributed by atoms with Crippen molar-refractivity contribution in [1.29, 1.82) is 0 Å². The largest absolute Gasteiger partial charge is 0.497 e. The van der Waals surface area contributed by atoms with Gasteiger partial charge in [0.15, 0.2) is 0 Å². The topological polar surface area (TPSA) is 76.7 Å². The molecule has 2 aromatic carbocycles. The van der Waals surface area contributed by atoms with Crippen LogP contribution in [0.15, 0.2) is 45.6 Å². The maximum atomic E-state index is 12.5. The predicted octanol–water partition coefficient (Wildman–Crippen LogP) is 2.58. The van der Waals surface area contributed by atoms with Crippen molar-refractivity contribution >= 4 is 27.9 Å². The van der Waals surface area contributed by atoms with E-state index in [9.17, 15) is 9.59 Å². The molecule has 0 aliphatic rings. The first-order valence-corrected chi connectivity index (χ1v) is 6.34. The molecular formula is C16H12O5. The molecule has 0 unspecified atom stereocenters. The normalized spacial score (nSPS) is 10.9. The third-order valence-electron chi connectivity index (χ3n) is 3.33. The van der Waals surface area contributed by atoms with Gasteiger partial charge in [0.05, 0.1) is 24.3 Å². The Labute approximate surface area is 119 Å². The molecule has 0 fully saturated rings. The Balaban J connectivity index is 2.38. The average Bonchev–Trinajstić information content (AvgIpc) is 2.47. The molecule has 0 spiro atoms. The second-order valence-corrected chi connectivity index (χ2v) is 4.66. The van der Waals surface area contributed by atoms with Crippen molar-refractivity contribution in [3.05, 3.63) is 52.2 Å². The Bertz CT molecular complexity index is 908. The van der Waals surface area contributed by atoms with Crippen LogP contribution >= 0.6 is 0 Å². The molecule has 0 radical (unpaired) electrons. The smallest absolute Gasteiger partial charge is 0.307 e. The molecule has 3 aromatic rings. The van der Waals surface area contributed by atoms with Crippen LogP contribution in [0.2, 0.25) is 0 Å². The molecule has 21 heavy (non-hydrogen) atoms. The molecule has 3 rings (SSSR count). The van der Waals surface area contributed by atoms with Crippen molar-refractivity contribution in [2.24, 2.45) is 0 Å². The van der Waals surface area contributed by atoms with E-state index in [0.717, 1.165) is 0 Å². The number of carbonyl (C=O) groups is 1. The summed E-state index contributed by atoms with van der Waals surface area (Å²) in [6, 6.07) is 9.89. The zero-order chi connectivity index (χ0) is 15.0. The van der Waals surface area contributed by atoms with Gasteiger partial charge in [0.2, 0.25) is 5.43 Å². The van der Waals surface area contributed by atoms with Crippen LogP contribution in [0.3, 0.4) is 0 Å². The summed E-state index contributed by atoms with van der Waals surface area (Å²) in [7, 11) is 1.52. The zero-order valence-corrected chi connectivity index (χ0v) is 11.3. The Kier molecular flexibility index (Phi) is 3.10. The number of methoxy groups -OCH3 is 1. The lowest BCUT2D eigenvalue weighted by molar-refractivity contribution is -0.136. The summed E-state index contributed by atoms with van der Waals surface area (Å²) in [5.41, 5.74) is 1.01. The number of carboxylic acid groups (broad SMARTS) is 1. The van der Waals surface area contributed by atoms with E-state index in [1.165, 1.54) is 7.11 Å². The van der Waals surface area contributed by atoms with E-state index in [0.29, 0.717) is 33.3 Å². The van der Waals surface area contributed by atoms with Crippen LogP contribution < -0.4 is 10.2 Å². The lowest BCUT2D eigenvalue weighted by atomic mass is 10.1. The van der Waals surface area contributed by atoms with Gasteiger partial charge in [-0.2, -0.15) is 0 Å². The molecule has 0 atom stereocenters. The Hall–Kier alpha value is -2.82. The van der Waals surface area contributed by atoms with Crippen molar-refractivity contribution in [2.45, 2.75) is 6.42 Å². The number of aliphatic carboxylic acids is 1. The minimum atomic E-state index is -0.972. The SMILES string of the molecule is COc1ccc2oc3c(CC(=O)O)cccc3c(=O)c2c1. The second-order valence-electron chi connectivity index (χ2n) is 4.66. The maximum Gasteiger partial charge on any atom is 0.307 e. The summed E-state index contributed by atoms with van der Waals surface area (Å²) in [5, 5.41) is 9.72. The van der Waals surface area contributed by atoms with Crippen LogP contribution in [0.1, 0.15) is 5.56 Å². The molecule has 1 aromatic heterocycles. The lowest BCUT2D eigenvalue weighted by Crippen LogP contribution is -2.06. The first-order chi connectivity index (χ1) is 10.1. The predicted molar refractivity (Wildman–Crippen MR) is 77.9 cm³/mol. The van der Waals surface area contributed by atoms with Gasteiger partial charge in [-0.05, 0) is 24.3 Å². The third-order valence-corrected chi connectivity index (χ3v) is 3.33. The first kappa shape index (κ1) is 13.2. The number of fused-ring (bicyclic) bond motifs is 2. The van der Waals surface area contributed by atoms with Gasteiger partial charge in [-0.25, -0.2) is 0 Å². The molecular weight excluding hydrogens is 272 g/mol. The number of hydrogen-bond acceptors (Lipinski definition) is 4. The molecule has 0 saturated heterocycles. The highest BCUT2D eigenvalue weighted by Gasteiger charge is 2.13. The number of rotatable bonds is 3. The molecule has 5 heteroatoms. The van der Waals surface area contributed by atoms with Crippen LogP contribution in [0.5, 0.6) is 5.75 Å². The number of carboxylic acids is 1. The van der Waals surface area contributed by atoms with Crippen molar-refractivity contribution in [3.8, 4) is 5.75 Å². The molecule has 106 valence electrons. The van der Waals surface area contributed by atoms with E-state index in [2.05, 4.69) is 0 Å². The van der Waals surface area contributed by atoms with Gasteiger partial charge in [-0.15, -0.1) is 0 Å². The third kappa shape index (κ3) is 2.23. The summed E-state index contributed by atoms with van der Waals surface area (Å²) in [4.78, 5) is 23.4. The highest BCUT2D eigenvalue weighted by atomic mass is 16.5. The molecule has 0 aliphatic carbocycles. The fraction of sp³-hybridized carbons (Fsp3) is 0.125. The molecule has 5 nitrogen and oxygen atoms in total. The Morgan fingerprint density at radius 2 is 2.05 bits per heavy atom. The second kappa shape index (κ2) is 4.94. The Morgan fingerprint density at radius 1 is 1.24 bits per heavy atom. The zero-order valence-electron chi connectivity index (χ0n) is 11.3. The maximum absolute atomic E-state index is 12.5. The summed E-state index contributed by atoms with van der Waals surface area (Å²) in [6.45, 7) is 0. The number of hydrogen-bond donors (Lipinski definition) is 1. The van der Waals surface area contributed by atoms with Crippen LogP contribution in [0, 0.1) is 0 Å². The molecule has 1 N–H and O–H groups in total. The van der Waals surface area contributed by atoms with Crippen molar-refractivity contribution in [3.63, 3.8) is 0 Å². The summed E-state index contributed by atoms with van der Waals surface area (Å²) in [5.74, 6) is -0.407. The van der Waals surface area contributed by atoms with Gasteiger partial charge in [0.1, 0.15) is 16.9 Å². The van der Waals surface area contributed by atoms with Crippen molar-refractivity contribution in [1.82, 2.24) is 0 Å². The number of benzene rings is 2. The minimum Gasteiger partial charge on any atom is -0.497 e. The Morgan fingerprint density at radius 3 is 2.76 bits per heavy atom. The van der Waals surface area contributed by atoms with E-state index in [1.807, 2.05) is 0 Å². The van der Waals surface area contributed by atoms with Crippen LogP contribution in [0.4, 0.5) is 0 Å². The van der Waals surface area contributed by atoms with E-state index >= 15 is 0 Å². The van der Waals surface area contributed by atoms with Gasteiger partial charge in [-0.1, -0.05) is 12.1 Å². The summed E-state index contributed by atoms with van der Waals surface area (Å²) >= 11 is 0. The van der Waals surface area contributed by atoms with Gasteiger partial charge in [0.25, 0.3) is 0 Å². The van der Waals surface area contributed by atoms with Gasteiger partial charge < -0.3 is 14.3 Å². The lowest BCUT2D eigenvalue weighted by Gasteiger charge is -2.06. The van der Waals surface area contributed by atoms with E-state index < -0.39 is 5.97 Å². The fourth-order valence-corrected chi connectivity index (χ4v) is 2.34. The van der Waals surface area contributed by atoms with Gasteiger partial charge in [0, 0.05) is 5.56 Å². The average molecular weight is 284 g/mol. The molecule has 1 heterocycles. The number of ether oxygens (including phenoxy) is 1. The fourth-order valence-electron chi connectivity index (χ4n) is 2.34. The van der Waals surface area contributed by atoms with Gasteiger partial charge >= 0.3 is 5.97 Å². The summed E-state index contributed by atoms with van der Waals surface area (Å²) in [6.07, 6.45) is -0.193. The van der Waals surface area contributed by atoms with Gasteiger partial charge in [-0.3, -0.25) is 9.59 Å². The number of para-hydroxylation sites is 1. The van der Waals surface area contributed by atoms with Crippen molar-refractivity contribution in [2.75, 3.05) is 7.11 Å². The van der Waals surface area contributed by atoms with E-state index in [-0.39, 0.29) is 11.8 Å². The highest BCUT2D eigenvalue weighted by Crippen LogP contribution is 2.24. The standard InChI is InChI=1S/C16H12O5/c1-20-10-5-6-13-12(8-10)15(19)11-4-2-3-9(7-14(17)18)16(11)21-13/h2-6,8H,7H2,1H3,(H,17,18). The molecule has 0 bridgehead atoms. The van der Waals surface area contributed by atoms with Crippen molar-refractivity contribution < 1.29 is 19.1 Å². The van der Waals surface area contributed by atoms with E-state index in [1.54, 1.807) is 36.4 Å². The highest BCUT2D eigenvalue weighted by molar-refractivity contribution is 5.92. The first-order valence-electron chi connectivity index (χ1n) is 6.34. The molecule has 0 aliphatic heterocycles. The minimum absolute atomic E-state index is 0.193. The van der Waals surface area contributed by atoms with Crippen LogP contribution in [-0.2, 0) is 11.2 Å². The quantitative estimate of drug-likeness (QED) is 0.748. The monoisotopic (exact) mass is 284 g/mol. The van der Waals surface area contributed by atoms with Crippen LogP contribution in [0.25, 0.3) is 21.9 Å². The van der Waals surface area contributed by atoms with E-state index in [4.69, 9.17) is 14.3 Å². The molecule has 0 saturated carbocycles. The summed E-state index contributed by atoms with van der Waals surface area (Å²) < 4.78 is 10.8. The molecule has 0 amide bonds.